The molecule has 1 heterocycles. The first kappa shape index (κ1) is 13.1. The number of carbonyl (C=O) groups excluding carboxylic acids is 1. The highest BCUT2D eigenvalue weighted by Crippen LogP contribution is 2.09. The Morgan fingerprint density at radius 1 is 1.33 bits per heavy atom. The number of nitrogens with one attached hydrogen (secondary N) is 1. The topological polar surface area (TPSA) is 34.0 Å². The van der Waals surface area contributed by atoms with Crippen LogP contribution in [0.5, 0.6) is 0 Å². The second kappa shape index (κ2) is 5.56. The third-order valence-corrected chi connectivity index (χ3v) is 3.66. The van der Waals surface area contributed by atoms with Crippen molar-refractivity contribution in [2.24, 2.45) is 7.05 Å². The van der Waals surface area contributed by atoms with E-state index in [4.69, 9.17) is 0 Å². The van der Waals surface area contributed by atoms with E-state index in [9.17, 15) is 4.79 Å². The van der Waals surface area contributed by atoms with Crippen molar-refractivity contribution in [2.75, 3.05) is 0 Å². The molecular weight excluding hydrogens is 339 g/mol. The van der Waals surface area contributed by atoms with Gasteiger partial charge in [0.15, 0.2) is 0 Å². The van der Waals surface area contributed by atoms with Gasteiger partial charge in [-0.15, -0.1) is 0 Å². The first-order valence-corrected chi connectivity index (χ1v) is 6.81. The van der Waals surface area contributed by atoms with Crippen LogP contribution < -0.4 is 5.32 Å². The number of carbonyl (C=O) groups is 1. The van der Waals surface area contributed by atoms with Gasteiger partial charge in [0.05, 0.1) is 6.54 Å². The number of hydrogen-bond acceptors (Lipinski definition) is 1. The van der Waals surface area contributed by atoms with Crippen molar-refractivity contribution >= 4 is 28.5 Å². The van der Waals surface area contributed by atoms with Crippen LogP contribution in [-0.2, 0) is 13.6 Å². The lowest BCUT2D eigenvalue weighted by atomic mass is 10.2. The summed E-state index contributed by atoms with van der Waals surface area (Å²) in [4.78, 5) is 12.0. The molecule has 1 aromatic carbocycles. The number of nitrogens with zero attached hydrogens (tertiary/aromatic N) is 1. The Morgan fingerprint density at radius 2 is 2.11 bits per heavy atom. The Hall–Kier alpha value is -1.30. The highest BCUT2D eigenvalue weighted by atomic mass is 127. The number of amides is 1. The van der Waals surface area contributed by atoms with Gasteiger partial charge in [0.25, 0.3) is 5.91 Å². The highest BCUT2D eigenvalue weighted by molar-refractivity contribution is 14.1. The zero-order valence-electron chi connectivity index (χ0n) is 10.4. The lowest BCUT2D eigenvalue weighted by Crippen LogP contribution is -2.24. The number of benzene rings is 1. The molecular formula is C14H15IN2O. The van der Waals surface area contributed by atoms with Crippen molar-refractivity contribution in [3.63, 3.8) is 0 Å². The molecule has 0 atom stereocenters. The predicted molar refractivity (Wildman–Crippen MR) is 80.5 cm³/mol. The minimum atomic E-state index is -0.0348. The number of halogens is 1. The van der Waals surface area contributed by atoms with Crippen LogP contribution in [0.4, 0.5) is 0 Å². The largest absolute Gasteiger partial charge is 0.350 e. The van der Waals surface area contributed by atoms with Gasteiger partial charge in [-0.3, -0.25) is 4.79 Å². The first-order valence-electron chi connectivity index (χ1n) is 5.73. The van der Waals surface area contributed by atoms with Crippen LogP contribution in [0.25, 0.3) is 0 Å². The summed E-state index contributed by atoms with van der Waals surface area (Å²) in [5, 5.41) is 2.93. The maximum absolute atomic E-state index is 12.0. The van der Waals surface area contributed by atoms with E-state index in [0.29, 0.717) is 12.1 Å². The SMILES string of the molecule is Cc1ccc(CNC(=O)c2cccc(I)c2)n1C. The number of hydrogen-bond donors (Lipinski definition) is 1. The molecule has 0 saturated carbocycles. The van der Waals surface area contributed by atoms with E-state index in [-0.39, 0.29) is 5.91 Å². The van der Waals surface area contributed by atoms with E-state index in [1.807, 2.05) is 50.4 Å². The second-order valence-corrected chi connectivity index (χ2v) is 5.46. The van der Waals surface area contributed by atoms with Gasteiger partial charge in [-0.25, -0.2) is 0 Å². The van der Waals surface area contributed by atoms with Gasteiger partial charge >= 0.3 is 0 Å². The molecule has 2 rings (SSSR count). The minimum absolute atomic E-state index is 0.0348. The third kappa shape index (κ3) is 2.93. The van der Waals surface area contributed by atoms with E-state index >= 15 is 0 Å². The van der Waals surface area contributed by atoms with Crippen molar-refractivity contribution < 1.29 is 4.79 Å². The monoisotopic (exact) mass is 354 g/mol. The van der Waals surface area contributed by atoms with E-state index in [1.165, 1.54) is 5.69 Å². The van der Waals surface area contributed by atoms with Crippen molar-refractivity contribution in [3.8, 4) is 0 Å². The van der Waals surface area contributed by atoms with Crippen molar-refractivity contribution in [1.29, 1.82) is 0 Å². The molecule has 2 aromatic rings. The van der Waals surface area contributed by atoms with Gasteiger partial charge < -0.3 is 9.88 Å². The average Bonchev–Trinajstić information content (AvgIpc) is 2.67. The molecule has 0 radical (unpaired) electrons. The zero-order valence-corrected chi connectivity index (χ0v) is 12.6. The summed E-state index contributed by atoms with van der Waals surface area (Å²) in [5.41, 5.74) is 2.99. The summed E-state index contributed by atoms with van der Waals surface area (Å²) in [7, 11) is 2.00. The Kier molecular flexibility index (Phi) is 4.06. The normalized spacial score (nSPS) is 10.4. The van der Waals surface area contributed by atoms with E-state index in [2.05, 4.69) is 32.5 Å². The molecule has 0 bridgehead atoms. The Morgan fingerprint density at radius 3 is 2.72 bits per heavy atom. The molecule has 94 valence electrons. The summed E-state index contributed by atoms with van der Waals surface area (Å²) in [6.45, 7) is 2.60. The quantitative estimate of drug-likeness (QED) is 0.846. The molecule has 1 N–H and O–H groups in total. The maximum atomic E-state index is 12.0. The molecule has 4 heteroatoms. The minimum Gasteiger partial charge on any atom is -0.350 e. The molecule has 0 fully saturated rings. The number of aromatic nitrogens is 1. The summed E-state index contributed by atoms with van der Waals surface area (Å²) < 4.78 is 3.14. The smallest absolute Gasteiger partial charge is 0.251 e. The molecule has 1 aromatic heterocycles. The molecule has 0 unspecified atom stereocenters. The number of rotatable bonds is 3. The molecule has 0 saturated heterocycles. The Bertz CT molecular complexity index is 575. The Labute approximate surface area is 120 Å². The van der Waals surface area contributed by atoms with Crippen LogP contribution in [-0.4, -0.2) is 10.5 Å². The molecule has 3 nitrogen and oxygen atoms in total. The van der Waals surface area contributed by atoms with Gasteiger partial charge in [0.2, 0.25) is 0 Å². The van der Waals surface area contributed by atoms with Crippen LogP contribution in [0, 0.1) is 10.5 Å². The van der Waals surface area contributed by atoms with Crippen LogP contribution in [0.3, 0.4) is 0 Å². The third-order valence-electron chi connectivity index (χ3n) is 2.99. The standard InChI is InChI=1S/C14H15IN2O/c1-10-6-7-13(17(10)2)9-16-14(18)11-4-3-5-12(15)8-11/h3-8H,9H2,1-2H3,(H,16,18). The summed E-state index contributed by atoms with van der Waals surface area (Å²) in [6, 6.07) is 11.7. The zero-order chi connectivity index (χ0) is 13.1. The lowest BCUT2D eigenvalue weighted by molar-refractivity contribution is 0.0950. The van der Waals surface area contributed by atoms with Gasteiger partial charge in [0, 0.05) is 27.6 Å². The Balaban J connectivity index is 2.03. The molecule has 0 aliphatic heterocycles. The van der Waals surface area contributed by atoms with Gasteiger partial charge in [-0.05, 0) is 59.8 Å². The van der Waals surface area contributed by atoms with Crippen molar-refractivity contribution in [3.05, 3.63) is 56.9 Å². The van der Waals surface area contributed by atoms with Crippen molar-refractivity contribution in [1.82, 2.24) is 9.88 Å². The summed E-state index contributed by atoms with van der Waals surface area (Å²) in [6.07, 6.45) is 0. The number of aryl methyl sites for hydroxylation is 1. The van der Waals surface area contributed by atoms with E-state index in [1.54, 1.807) is 0 Å². The maximum Gasteiger partial charge on any atom is 0.251 e. The second-order valence-electron chi connectivity index (χ2n) is 4.22. The molecule has 0 aliphatic rings. The molecule has 1 amide bonds. The van der Waals surface area contributed by atoms with Gasteiger partial charge in [-0.2, -0.15) is 0 Å². The molecule has 0 aliphatic carbocycles. The fourth-order valence-corrected chi connectivity index (χ4v) is 2.29. The summed E-state index contributed by atoms with van der Waals surface area (Å²) >= 11 is 2.20. The van der Waals surface area contributed by atoms with E-state index < -0.39 is 0 Å². The van der Waals surface area contributed by atoms with Gasteiger partial charge in [0.1, 0.15) is 0 Å². The summed E-state index contributed by atoms with van der Waals surface area (Å²) in [5.74, 6) is -0.0348. The highest BCUT2D eigenvalue weighted by Gasteiger charge is 2.07. The van der Waals surface area contributed by atoms with E-state index in [0.717, 1.165) is 9.26 Å². The van der Waals surface area contributed by atoms with Crippen LogP contribution in [0.15, 0.2) is 36.4 Å². The average molecular weight is 354 g/mol. The van der Waals surface area contributed by atoms with Gasteiger partial charge in [-0.1, -0.05) is 6.07 Å². The van der Waals surface area contributed by atoms with Crippen molar-refractivity contribution in [2.45, 2.75) is 13.5 Å². The predicted octanol–water partition coefficient (Wildman–Crippen LogP) is 2.87. The molecule has 18 heavy (non-hydrogen) atoms. The molecule has 0 spiro atoms. The van der Waals surface area contributed by atoms with Crippen LogP contribution in [0.2, 0.25) is 0 Å². The van der Waals surface area contributed by atoms with Crippen LogP contribution in [0.1, 0.15) is 21.7 Å². The fraction of sp³-hybridized carbons (Fsp3) is 0.214. The first-order chi connectivity index (χ1) is 8.58. The van der Waals surface area contributed by atoms with Crippen LogP contribution >= 0.6 is 22.6 Å². The lowest BCUT2D eigenvalue weighted by Gasteiger charge is -2.07. The fourth-order valence-electron chi connectivity index (χ4n) is 1.75.